The van der Waals surface area contributed by atoms with E-state index in [0.29, 0.717) is 0 Å². The van der Waals surface area contributed by atoms with Crippen LogP contribution in [-0.4, -0.2) is 60.8 Å². The summed E-state index contributed by atoms with van der Waals surface area (Å²) in [6, 6.07) is 0. The number of amidine groups is 1. The molecule has 0 amide bonds. The Labute approximate surface area is 140 Å². The molecule has 18 heteroatoms. The van der Waals surface area contributed by atoms with E-state index in [4.69, 9.17) is 0 Å². The summed E-state index contributed by atoms with van der Waals surface area (Å²) >= 11 is 0. The Hall–Kier alpha value is -3.99. The summed E-state index contributed by atoms with van der Waals surface area (Å²) in [5.41, 5.74) is 0. The highest BCUT2D eigenvalue weighted by atomic mass is 16.7. The first-order chi connectivity index (χ1) is 11.9. The second-order valence-electron chi connectivity index (χ2n) is 4.44. The van der Waals surface area contributed by atoms with Crippen LogP contribution in [0.5, 0.6) is 0 Å². The Morgan fingerprint density at radius 3 is 1.69 bits per heavy atom. The maximum Gasteiger partial charge on any atom is 0.766 e. The number of hydrazine groups is 1. The second-order valence-corrected chi connectivity index (χ2v) is 4.44. The topological polar surface area (TPSA) is 241 Å². The van der Waals surface area contributed by atoms with Gasteiger partial charge in [0.05, 0.1) is 0 Å². The molecule has 1 aliphatic heterocycles. The molecule has 2 atom stereocenters. The number of carbonyl (C=O) groups is 2. The SMILES string of the molecule is CC(=O)O[C@H]1N=C(C([N+](=O)[O-])([N+](=O)[O-])[N+](=O)[O-])N([N+](=O)[O-])[C@@H]1OC(C)=O. The molecule has 0 spiro atoms. The number of carbonyl (C=O) groups excluding carboxylic acids is 2. The van der Waals surface area contributed by atoms with Gasteiger partial charge in [0, 0.05) is 13.8 Å². The molecule has 1 heterocycles. The molecule has 1 rings (SSSR count). The summed E-state index contributed by atoms with van der Waals surface area (Å²) in [5, 5.41) is 42.3. The lowest BCUT2D eigenvalue weighted by Crippen LogP contribution is -2.65. The van der Waals surface area contributed by atoms with Gasteiger partial charge >= 0.3 is 23.6 Å². The minimum atomic E-state index is -4.51. The van der Waals surface area contributed by atoms with Gasteiger partial charge in [-0.1, -0.05) is 0 Å². The van der Waals surface area contributed by atoms with Crippen molar-refractivity contribution in [1.29, 1.82) is 0 Å². The number of rotatable bonds is 7. The van der Waals surface area contributed by atoms with Gasteiger partial charge in [0.15, 0.2) is 19.8 Å². The van der Waals surface area contributed by atoms with E-state index < -0.39 is 60.8 Å². The van der Waals surface area contributed by atoms with Gasteiger partial charge in [-0.3, -0.25) is 39.9 Å². The molecule has 0 fully saturated rings. The van der Waals surface area contributed by atoms with E-state index in [-0.39, 0.29) is 0 Å². The minimum Gasteiger partial charge on any atom is -0.433 e. The molecular weight excluding hydrogens is 372 g/mol. The third-order valence-electron chi connectivity index (χ3n) is 2.76. The number of aliphatic imine (C=N–C) groups is 1. The van der Waals surface area contributed by atoms with E-state index in [9.17, 15) is 50.0 Å². The third-order valence-corrected chi connectivity index (χ3v) is 2.76. The number of esters is 2. The summed E-state index contributed by atoms with van der Waals surface area (Å²) in [5.74, 6) is -8.85. The van der Waals surface area contributed by atoms with E-state index in [1.165, 1.54) is 0 Å². The van der Waals surface area contributed by atoms with Crippen LogP contribution in [0.15, 0.2) is 4.99 Å². The van der Waals surface area contributed by atoms with Gasteiger partial charge in [-0.2, -0.15) is 4.99 Å². The molecular formula is C8H8N6O12. The predicted octanol–water partition coefficient (Wildman–Crippen LogP) is -1.85. The summed E-state index contributed by atoms with van der Waals surface area (Å²) in [6.07, 6.45) is -4.54. The molecule has 0 aliphatic carbocycles. The van der Waals surface area contributed by atoms with Crippen LogP contribution in [0.3, 0.4) is 0 Å². The molecule has 1 aliphatic rings. The highest BCUT2D eigenvalue weighted by Gasteiger charge is 2.83. The minimum absolute atomic E-state index is 0.580. The molecule has 0 saturated heterocycles. The number of hydrogen-bond acceptors (Lipinski definition) is 13. The van der Waals surface area contributed by atoms with Crippen molar-refractivity contribution in [2.24, 2.45) is 4.99 Å². The third kappa shape index (κ3) is 3.14. The predicted molar refractivity (Wildman–Crippen MR) is 71.1 cm³/mol. The van der Waals surface area contributed by atoms with Crippen molar-refractivity contribution in [2.75, 3.05) is 0 Å². The molecule has 0 aromatic carbocycles. The quantitative estimate of drug-likeness (QED) is 0.204. The van der Waals surface area contributed by atoms with Crippen molar-refractivity contribution in [1.82, 2.24) is 5.01 Å². The van der Waals surface area contributed by atoms with Crippen molar-refractivity contribution in [3.63, 3.8) is 0 Å². The van der Waals surface area contributed by atoms with Gasteiger partial charge in [0.25, 0.3) is 12.5 Å². The first kappa shape index (κ1) is 20.1. The zero-order valence-electron chi connectivity index (χ0n) is 12.7. The first-order valence-corrected chi connectivity index (χ1v) is 6.17. The number of ether oxygens (including phenoxy) is 2. The Balaban J connectivity index is 3.71. The number of hydrogen-bond donors (Lipinski definition) is 0. The average molecular weight is 380 g/mol. The van der Waals surface area contributed by atoms with Gasteiger partial charge in [-0.15, -0.1) is 0 Å². The molecule has 142 valence electrons. The van der Waals surface area contributed by atoms with Crippen molar-refractivity contribution in [3.8, 4) is 0 Å². The fourth-order valence-corrected chi connectivity index (χ4v) is 1.87. The molecule has 18 nitrogen and oxygen atoms in total. The highest BCUT2D eigenvalue weighted by Crippen LogP contribution is 2.29. The summed E-state index contributed by atoms with van der Waals surface area (Å²) < 4.78 is 8.90. The van der Waals surface area contributed by atoms with Gasteiger partial charge in [-0.05, 0) is 5.01 Å². The fraction of sp³-hybridized carbons (Fsp3) is 0.625. The molecule has 0 aromatic heterocycles. The van der Waals surface area contributed by atoms with Gasteiger partial charge in [0.2, 0.25) is 0 Å². The molecule has 0 N–H and O–H groups in total. The van der Waals surface area contributed by atoms with Gasteiger partial charge in [0.1, 0.15) is 0 Å². The van der Waals surface area contributed by atoms with Crippen LogP contribution in [0.1, 0.15) is 13.8 Å². The van der Waals surface area contributed by atoms with E-state index >= 15 is 0 Å². The first-order valence-electron chi connectivity index (χ1n) is 6.17. The monoisotopic (exact) mass is 380 g/mol. The van der Waals surface area contributed by atoms with Crippen molar-refractivity contribution in [3.05, 3.63) is 40.5 Å². The number of nitro groups is 4. The Morgan fingerprint density at radius 1 is 0.962 bits per heavy atom. The van der Waals surface area contributed by atoms with E-state index in [2.05, 4.69) is 14.5 Å². The van der Waals surface area contributed by atoms with Crippen molar-refractivity contribution >= 4 is 17.8 Å². The van der Waals surface area contributed by atoms with Crippen LogP contribution in [-0.2, 0) is 19.1 Å². The zero-order chi connectivity index (χ0) is 20.4. The largest absolute Gasteiger partial charge is 0.766 e. The molecule has 0 radical (unpaired) electrons. The molecule has 0 bridgehead atoms. The van der Waals surface area contributed by atoms with Crippen LogP contribution in [0.4, 0.5) is 0 Å². The van der Waals surface area contributed by atoms with Crippen LogP contribution < -0.4 is 0 Å². The molecule has 0 unspecified atom stereocenters. The van der Waals surface area contributed by atoms with Crippen molar-refractivity contribution < 1.29 is 38.9 Å². The maximum absolute atomic E-state index is 11.2. The lowest BCUT2D eigenvalue weighted by molar-refractivity contribution is -0.948. The normalized spacial score (nSPS) is 19.3. The Bertz CT molecular complexity index is 695. The number of nitrogens with zero attached hydrogens (tertiary/aromatic N) is 6. The van der Waals surface area contributed by atoms with Crippen LogP contribution in [0.25, 0.3) is 0 Å². The standard InChI is InChI=1S/C8H8N6O12/c1-3(15)25-5-6(26-4(2)16)10(14(23)24)7(9-5)8(11(17)18,12(19)20)13(21)22/h5-6H,1-2H3/t5-,6-/m1/s1. The Morgan fingerprint density at radius 2 is 1.38 bits per heavy atom. The lowest BCUT2D eigenvalue weighted by atomic mass is 10.3. The van der Waals surface area contributed by atoms with Crippen LogP contribution in [0, 0.1) is 40.5 Å². The van der Waals surface area contributed by atoms with Gasteiger partial charge < -0.3 is 9.47 Å². The highest BCUT2D eigenvalue weighted by molar-refractivity contribution is 5.88. The molecule has 0 saturated carbocycles. The van der Waals surface area contributed by atoms with E-state index in [0.717, 1.165) is 13.8 Å². The zero-order valence-corrected chi connectivity index (χ0v) is 12.7. The van der Waals surface area contributed by atoms with Gasteiger partial charge in [-0.25, -0.2) is 10.1 Å². The van der Waals surface area contributed by atoms with Crippen LogP contribution in [0.2, 0.25) is 0 Å². The molecule has 0 aromatic rings. The summed E-state index contributed by atoms with van der Waals surface area (Å²) in [4.78, 5) is 63.6. The average Bonchev–Trinajstić information content (AvgIpc) is 2.75. The van der Waals surface area contributed by atoms with E-state index in [1.807, 2.05) is 0 Å². The Kier molecular flexibility index (Phi) is 5.29. The second kappa shape index (κ2) is 6.86. The fourth-order valence-electron chi connectivity index (χ4n) is 1.87. The van der Waals surface area contributed by atoms with Crippen LogP contribution >= 0.6 is 0 Å². The summed E-state index contributed by atoms with van der Waals surface area (Å²) in [7, 11) is 0. The lowest BCUT2D eigenvalue weighted by Gasteiger charge is -2.20. The smallest absolute Gasteiger partial charge is 0.433 e. The van der Waals surface area contributed by atoms with Crippen molar-refractivity contribution in [2.45, 2.75) is 32.1 Å². The molecule has 26 heavy (non-hydrogen) atoms. The maximum atomic E-state index is 11.2. The van der Waals surface area contributed by atoms with E-state index in [1.54, 1.807) is 0 Å². The summed E-state index contributed by atoms with van der Waals surface area (Å²) in [6.45, 7) is 1.51.